The van der Waals surface area contributed by atoms with Crippen LogP contribution in [-0.4, -0.2) is 26.0 Å². The highest BCUT2D eigenvalue weighted by atomic mass is 32.1. The molecule has 4 aromatic heterocycles. The van der Waals surface area contributed by atoms with E-state index in [1.807, 2.05) is 6.07 Å². The molecule has 0 saturated heterocycles. The smallest absolute Gasteiger partial charge is 0.160 e. The molecule has 0 N–H and O–H groups in total. The van der Waals surface area contributed by atoms with Crippen LogP contribution in [0.4, 0.5) is 0 Å². The Morgan fingerprint density at radius 3 is 1.49 bits per heavy atom. The molecular weight excluding hydrogens is 1210 g/mol. The van der Waals surface area contributed by atoms with Gasteiger partial charge in [0.05, 0.1) is 42.7 Å². The number of hydrogen-bond donors (Lipinski definition) is 0. The van der Waals surface area contributed by atoms with Gasteiger partial charge in [0.25, 0.3) is 0 Å². The third-order valence-electron chi connectivity index (χ3n) is 20.9. The van der Waals surface area contributed by atoms with Crippen molar-refractivity contribution in [3.63, 3.8) is 0 Å². The lowest BCUT2D eigenvalue weighted by atomic mass is 9.60. The minimum absolute atomic E-state index is 0.0270. The molecule has 0 radical (unpaired) electrons. The van der Waals surface area contributed by atoms with Gasteiger partial charge in [-0.3, -0.25) is 0 Å². The second-order valence-electron chi connectivity index (χ2n) is 25.7. The highest BCUT2D eigenvalue weighted by Gasteiger charge is 2.56. The van der Waals surface area contributed by atoms with Crippen LogP contribution in [0.3, 0.4) is 0 Å². The molecule has 16 aromatic rings. The Balaban J connectivity index is 0.711. The molecule has 2 aliphatic heterocycles. The molecule has 448 valence electrons. The normalized spacial score (nSPS) is 16.1. The summed E-state index contributed by atoms with van der Waals surface area (Å²) in [5, 5.41) is 2.18. The average molecular weight is 1260 g/mol. The molecule has 2 unspecified atom stereocenters. The molecule has 21 rings (SSSR count). The summed E-state index contributed by atoms with van der Waals surface area (Å²) >= 11 is 3.49. The molecule has 0 amide bonds. The lowest BCUT2D eigenvalue weighted by molar-refractivity contribution is 0.142. The van der Waals surface area contributed by atoms with Gasteiger partial charge >= 0.3 is 0 Å². The van der Waals surface area contributed by atoms with Gasteiger partial charge in [-0.1, -0.05) is 261 Å². The number of nitrogens with zero attached hydrogens (tertiary/aromatic N) is 4. The second-order valence-corrected chi connectivity index (χ2v) is 27.8. The Bertz CT molecular complexity index is 5970. The summed E-state index contributed by atoms with van der Waals surface area (Å²) in [6, 6.07) is 103. The van der Waals surface area contributed by atoms with E-state index in [1.54, 1.807) is 22.7 Å². The number of thiophene rings is 2. The van der Waals surface area contributed by atoms with Crippen molar-refractivity contribution in [3.05, 3.63) is 348 Å². The molecule has 6 heterocycles. The van der Waals surface area contributed by atoms with Crippen LogP contribution in [0.15, 0.2) is 303 Å². The van der Waals surface area contributed by atoms with Crippen molar-refractivity contribution in [3.8, 4) is 95.8 Å². The van der Waals surface area contributed by atoms with Crippen molar-refractivity contribution in [2.45, 2.75) is 16.9 Å². The summed E-state index contributed by atoms with van der Waals surface area (Å²) in [6.45, 7) is 0. The van der Waals surface area contributed by atoms with E-state index in [-0.39, 0.29) is 12.0 Å². The Morgan fingerprint density at radius 2 is 0.802 bits per heavy atom. The molecule has 0 saturated carbocycles. The van der Waals surface area contributed by atoms with Gasteiger partial charge in [-0.15, -0.1) is 22.7 Å². The highest BCUT2D eigenvalue weighted by molar-refractivity contribution is 7.26. The number of hydrogen-bond acceptors (Lipinski definition) is 8. The maximum atomic E-state index is 7.49. The van der Waals surface area contributed by atoms with Gasteiger partial charge in [0, 0.05) is 65.0 Å². The zero-order chi connectivity index (χ0) is 62.8. The lowest BCUT2D eigenvalue weighted by Crippen LogP contribution is -2.47. The van der Waals surface area contributed by atoms with Gasteiger partial charge < -0.3 is 9.47 Å². The van der Waals surface area contributed by atoms with Crippen molar-refractivity contribution < 1.29 is 9.47 Å². The summed E-state index contributed by atoms with van der Waals surface area (Å²) < 4.78 is 19.0. The highest BCUT2D eigenvalue weighted by Crippen LogP contribution is 2.65. The number of benzene rings is 12. The first-order chi connectivity index (χ1) is 47.5. The zero-order valence-corrected chi connectivity index (χ0v) is 53.1. The molecule has 12 aromatic carbocycles. The van der Waals surface area contributed by atoms with Crippen molar-refractivity contribution in [1.29, 1.82) is 0 Å². The first kappa shape index (κ1) is 53.8. The van der Waals surface area contributed by atoms with Crippen LogP contribution in [0.5, 0.6) is 17.2 Å². The Labute approximate surface area is 561 Å². The zero-order valence-electron chi connectivity index (χ0n) is 51.4. The van der Waals surface area contributed by atoms with Crippen LogP contribution in [-0.2, 0) is 10.8 Å². The fourth-order valence-electron chi connectivity index (χ4n) is 16.8. The fraction of sp³-hybridized carbons (Fsp3) is 0.0455. The molecule has 8 heteroatoms. The van der Waals surface area contributed by atoms with Gasteiger partial charge in [0.2, 0.25) is 0 Å². The maximum Gasteiger partial charge on any atom is 0.160 e. The molecule has 96 heavy (non-hydrogen) atoms. The predicted octanol–water partition coefficient (Wildman–Crippen LogP) is 22.2. The molecule has 5 aliphatic rings. The van der Waals surface area contributed by atoms with Gasteiger partial charge in [-0.05, 0) is 109 Å². The van der Waals surface area contributed by atoms with E-state index >= 15 is 0 Å². The van der Waals surface area contributed by atoms with E-state index in [4.69, 9.17) is 29.4 Å². The standard InChI is InChI=1S/C88H52N4O2S2/c1-3-19-51(20-4-1)52-35-37-54(38-36-52)86-90-79(83-81(91-86)63-27-11-18-34-77(63)95-83)58-41-45-72-76(50-58)94-74-48-56(39-43-70(74)88(72)67-30-14-9-25-61(67)62-26-10-15-31-68(62)88)55-42-46-78-64(47-55)82-84(96-78)80(89-85(92-82)53-21-5-2-6-22-53)57-40-44-71-75(49-57)93-73-33-17-16-32-69(73)87(71)65-28-12-7-23-59(65)60-24-8-13-29-66(60)87/h1-50,71,75H. The molecular formula is C88H52N4O2S2. The van der Waals surface area contributed by atoms with Crippen molar-refractivity contribution in [1.82, 2.24) is 19.9 Å². The van der Waals surface area contributed by atoms with E-state index in [0.717, 1.165) is 115 Å². The largest absolute Gasteiger partial charge is 0.485 e. The monoisotopic (exact) mass is 1260 g/mol. The molecule has 2 atom stereocenters. The van der Waals surface area contributed by atoms with Crippen molar-refractivity contribution in [2.24, 2.45) is 5.92 Å². The number of ether oxygens (including phenoxy) is 2. The maximum absolute atomic E-state index is 7.49. The van der Waals surface area contributed by atoms with Crippen molar-refractivity contribution in [2.75, 3.05) is 0 Å². The molecule has 3 aliphatic carbocycles. The van der Waals surface area contributed by atoms with Crippen molar-refractivity contribution >= 4 is 68.9 Å². The average Bonchev–Trinajstić information content (AvgIpc) is 1.47. The minimum atomic E-state index is -0.687. The topological polar surface area (TPSA) is 70.0 Å². The molecule has 6 nitrogen and oxygen atoms in total. The molecule has 0 fully saturated rings. The van der Waals surface area contributed by atoms with E-state index in [9.17, 15) is 0 Å². The summed E-state index contributed by atoms with van der Waals surface area (Å²) in [5.41, 5.74) is 24.3. The summed E-state index contributed by atoms with van der Waals surface area (Å²) in [5.74, 6) is 3.82. The Kier molecular flexibility index (Phi) is 11.4. The predicted molar refractivity (Wildman–Crippen MR) is 391 cm³/mol. The summed E-state index contributed by atoms with van der Waals surface area (Å²) in [6.07, 6.45) is 6.76. The number of fused-ring (bicyclic) bond motifs is 24. The third kappa shape index (κ3) is 7.56. The van der Waals surface area contributed by atoms with E-state index in [1.165, 1.54) is 60.3 Å². The number of rotatable bonds is 6. The van der Waals surface area contributed by atoms with Crippen LogP contribution in [0.25, 0.3) is 125 Å². The first-order valence-corrected chi connectivity index (χ1v) is 34.4. The SMILES string of the molecule is C1=CC2C(C=C1c1nc(-c3ccccc3)nc3c1sc1ccc(-c4ccc5c(c4)Oc4cc(-c6nc(-c7ccc(-c8ccccc8)cc7)nc7c6sc6ccccc67)ccc4C54c5ccccc5-c5ccccc54)cc13)Oc1ccccc1C21c2ccccc2-c2ccccc21. The van der Waals surface area contributed by atoms with Crippen LogP contribution in [0.2, 0.25) is 0 Å². The van der Waals surface area contributed by atoms with Gasteiger partial charge in [0.1, 0.15) is 23.4 Å². The van der Waals surface area contributed by atoms with E-state index in [0.29, 0.717) is 11.6 Å². The van der Waals surface area contributed by atoms with Crippen LogP contribution in [0, 0.1) is 5.92 Å². The summed E-state index contributed by atoms with van der Waals surface area (Å²) in [7, 11) is 0. The van der Waals surface area contributed by atoms with Gasteiger partial charge in [-0.25, -0.2) is 19.9 Å². The Morgan fingerprint density at radius 1 is 0.333 bits per heavy atom. The second kappa shape index (κ2) is 20.4. The van der Waals surface area contributed by atoms with Gasteiger partial charge in [0.15, 0.2) is 11.6 Å². The lowest BCUT2D eigenvalue weighted by Gasteiger charge is -2.47. The van der Waals surface area contributed by atoms with Crippen LogP contribution in [0.1, 0.15) is 44.6 Å². The fourth-order valence-corrected chi connectivity index (χ4v) is 19.1. The number of aromatic nitrogens is 4. The number of allylic oxidation sites excluding steroid dienone is 2. The van der Waals surface area contributed by atoms with E-state index in [2.05, 4.69) is 297 Å². The Hall–Kier alpha value is -11.7. The molecule has 2 spiro atoms. The van der Waals surface area contributed by atoms with Crippen LogP contribution < -0.4 is 9.47 Å². The quantitative estimate of drug-likeness (QED) is 0.165. The van der Waals surface area contributed by atoms with E-state index < -0.39 is 10.8 Å². The summed E-state index contributed by atoms with van der Waals surface area (Å²) in [4.78, 5) is 21.9. The first-order valence-electron chi connectivity index (χ1n) is 32.7. The number of para-hydroxylation sites is 1. The minimum Gasteiger partial charge on any atom is -0.485 e. The van der Waals surface area contributed by atoms with Crippen LogP contribution >= 0.6 is 22.7 Å². The third-order valence-corrected chi connectivity index (χ3v) is 23.2. The molecule has 0 bridgehead atoms. The van der Waals surface area contributed by atoms with Gasteiger partial charge in [-0.2, -0.15) is 0 Å².